The molecule has 204 valence electrons. The Balaban J connectivity index is 1.46. The van der Waals surface area contributed by atoms with Crippen LogP contribution in [0, 0.1) is 34.5 Å². The number of amides is 1. The summed E-state index contributed by atoms with van der Waals surface area (Å²) in [5, 5.41) is 23.1. The molecule has 0 spiro atoms. The number of ketones is 2. The minimum atomic E-state index is -1.45. The normalized spacial score (nSPS) is 38.6. The van der Waals surface area contributed by atoms with Gasteiger partial charge >= 0.3 is 6.09 Å². The summed E-state index contributed by atoms with van der Waals surface area (Å²) in [4.78, 5) is 40.2. The molecule has 0 heterocycles. The van der Waals surface area contributed by atoms with Crippen LogP contribution in [0.3, 0.4) is 0 Å². The number of aliphatic hydroxyl groups is 2. The molecule has 38 heavy (non-hydrogen) atoms. The summed E-state index contributed by atoms with van der Waals surface area (Å²) in [6.45, 7) is 7.16. The molecule has 3 fully saturated rings. The first-order valence-electron chi connectivity index (χ1n) is 13.8. The van der Waals surface area contributed by atoms with E-state index in [0.29, 0.717) is 25.7 Å². The SMILES string of the molecule is CC1C[C@H]2[C@@H]3CCC4=CC(O)=CC(=O)[C@]4(C)[C@H]3CC[C@]2(C)[C@@]1(OC(=O)N[C@H](C)c1ccccc1)C(=O)CO. The maximum Gasteiger partial charge on any atom is 0.408 e. The molecular weight excluding hydrogens is 482 g/mol. The van der Waals surface area contributed by atoms with Crippen molar-refractivity contribution in [3.63, 3.8) is 0 Å². The first-order valence-corrected chi connectivity index (χ1v) is 13.8. The van der Waals surface area contributed by atoms with Gasteiger partial charge < -0.3 is 20.3 Å². The Morgan fingerprint density at radius 2 is 1.84 bits per heavy atom. The summed E-state index contributed by atoms with van der Waals surface area (Å²) in [7, 11) is 0. The number of aliphatic hydroxyl groups excluding tert-OH is 2. The van der Waals surface area contributed by atoms with Crippen molar-refractivity contribution >= 4 is 17.7 Å². The number of nitrogens with one attached hydrogen (secondary N) is 1. The van der Waals surface area contributed by atoms with Crippen LogP contribution in [0.15, 0.2) is 53.8 Å². The molecule has 7 heteroatoms. The predicted molar refractivity (Wildman–Crippen MR) is 142 cm³/mol. The molecule has 1 aromatic rings. The average molecular weight is 522 g/mol. The molecule has 7 nitrogen and oxygen atoms in total. The summed E-state index contributed by atoms with van der Waals surface area (Å²) >= 11 is 0. The van der Waals surface area contributed by atoms with Crippen molar-refractivity contribution in [3.8, 4) is 0 Å². The van der Waals surface area contributed by atoms with Gasteiger partial charge in [-0.15, -0.1) is 0 Å². The number of Topliss-reactive ketones (excluding diaryl/α,β-unsaturated/α-hetero) is 1. The van der Waals surface area contributed by atoms with Gasteiger partial charge in [0.2, 0.25) is 5.78 Å². The van der Waals surface area contributed by atoms with Gasteiger partial charge in [0, 0.05) is 17.4 Å². The lowest BCUT2D eigenvalue weighted by molar-refractivity contribution is -0.171. The minimum Gasteiger partial charge on any atom is -0.508 e. The zero-order valence-corrected chi connectivity index (χ0v) is 22.7. The van der Waals surface area contributed by atoms with Crippen LogP contribution in [0.2, 0.25) is 0 Å². The molecule has 3 saturated carbocycles. The van der Waals surface area contributed by atoms with Crippen LogP contribution in [0.1, 0.15) is 71.4 Å². The van der Waals surface area contributed by atoms with Crippen molar-refractivity contribution in [1.29, 1.82) is 0 Å². The highest BCUT2D eigenvalue weighted by Crippen LogP contribution is 2.69. The van der Waals surface area contributed by atoms with Crippen LogP contribution in [0.25, 0.3) is 0 Å². The van der Waals surface area contributed by atoms with Crippen molar-refractivity contribution in [1.82, 2.24) is 5.32 Å². The minimum absolute atomic E-state index is 0.0211. The maximum absolute atomic E-state index is 13.6. The Morgan fingerprint density at radius 3 is 2.53 bits per heavy atom. The van der Waals surface area contributed by atoms with Crippen LogP contribution in [0.5, 0.6) is 0 Å². The van der Waals surface area contributed by atoms with Crippen LogP contribution in [-0.2, 0) is 14.3 Å². The lowest BCUT2D eigenvalue weighted by Crippen LogP contribution is -2.62. The van der Waals surface area contributed by atoms with E-state index in [4.69, 9.17) is 4.74 Å². The van der Waals surface area contributed by atoms with Crippen LogP contribution < -0.4 is 5.32 Å². The van der Waals surface area contributed by atoms with E-state index in [-0.39, 0.29) is 41.3 Å². The van der Waals surface area contributed by atoms with Gasteiger partial charge in [-0.25, -0.2) is 4.79 Å². The monoisotopic (exact) mass is 521 g/mol. The standard InChI is InChI=1S/C31H39NO6/c1-18-14-25-23-11-10-21-15-22(34)16-26(35)30(21,4)24(23)12-13-29(25,3)31(18,27(36)17-33)38-28(37)32-19(2)20-8-6-5-7-9-20/h5-9,15-16,18-19,23-25,33-34H,10-14,17H2,1-4H3,(H,32,37)/t18?,19-,23-,24+,25+,29+,30+,31+/m1/s1. The second-order valence-corrected chi connectivity index (χ2v) is 12.3. The fourth-order valence-electron chi connectivity index (χ4n) is 8.78. The van der Waals surface area contributed by atoms with Crippen LogP contribution in [-0.4, -0.2) is 40.1 Å². The number of rotatable bonds is 5. The van der Waals surface area contributed by atoms with E-state index in [1.165, 1.54) is 6.08 Å². The Kier molecular flexibility index (Phi) is 6.57. The van der Waals surface area contributed by atoms with Crippen molar-refractivity contribution in [2.75, 3.05) is 6.61 Å². The summed E-state index contributed by atoms with van der Waals surface area (Å²) < 4.78 is 6.19. The lowest BCUT2D eigenvalue weighted by atomic mass is 9.46. The van der Waals surface area contributed by atoms with Crippen molar-refractivity contribution < 1.29 is 29.3 Å². The summed E-state index contributed by atoms with van der Waals surface area (Å²) in [5.74, 6) is -0.481. The Hall–Kier alpha value is -2.93. The van der Waals surface area contributed by atoms with Gasteiger partial charge in [-0.1, -0.05) is 49.8 Å². The average Bonchev–Trinajstić information content (AvgIpc) is 3.11. The molecule has 1 aromatic carbocycles. The molecule has 0 aromatic heterocycles. The Labute approximate surface area is 224 Å². The highest BCUT2D eigenvalue weighted by molar-refractivity contribution is 5.99. The molecule has 5 rings (SSSR count). The van der Waals surface area contributed by atoms with E-state index < -0.39 is 34.9 Å². The highest BCUT2D eigenvalue weighted by Gasteiger charge is 2.71. The van der Waals surface area contributed by atoms with Gasteiger partial charge in [0.1, 0.15) is 12.4 Å². The summed E-state index contributed by atoms with van der Waals surface area (Å²) in [5.41, 5.74) is -0.887. The highest BCUT2D eigenvalue weighted by atomic mass is 16.6. The van der Waals surface area contributed by atoms with Crippen molar-refractivity contribution in [3.05, 3.63) is 59.4 Å². The number of carbonyl (C=O) groups excluding carboxylic acids is 3. The number of hydrogen-bond donors (Lipinski definition) is 3. The molecule has 0 radical (unpaired) electrons. The zero-order valence-electron chi connectivity index (χ0n) is 22.7. The topological polar surface area (TPSA) is 113 Å². The molecule has 0 saturated heterocycles. The number of carbonyl (C=O) groups is 3. The fraction of sp³-hybridized carbons (Fsp3) is 0.581. The third kappa shape index (κ3) is 3.69. The van der Waals surface area contributed by atoms with E-state index in [1.54, 1.807) is 6.08 Å². The molecule has 4 aliphatic rings. The Bertz CT molecular complexity index is 1210. The van der Waals surface area contributed by atoms with E-state index in [0.717, 1.165) is 17.6 Å². The number of allylic oxidation sites excluding steroid dienone is 3. The predicted octanol–water partition coefficient (Wildman–Crippen LogP) is 5.21. The van der Waals surface area contributed by atoms with Gasteiger partial charge in [0.25, 0.3) is 0 Å². The quantitative estimate of drug-likeness (QED) is 0.490. The largest absolute Gasteiger partial charge is 0.508 e. The van der Waals surface area contributed by atoms with E-state index >= 15 is 0 Å². The molecule has 4 aliphatic carbocycles. The molecule has 1 unspecified atom stereocenters. The number of hydrogen-bond acceptors (Lipinski definition) is 6. The number of alkyl carbamates (subject to hydrolysis) is 1. The van der Waals surface area contributed by atoms with Crippen molar-refractivity contribution in [2.45, 2.75) is 71.4 Å². The second-order valence-electron chi connectivity index (χ2n) is 12.3. The molecule has 0 bridgehead atoms. The van der Waals surface area contributed by atoms with E-state index in [1.807, 2.05) is 58.0 Å². The van der Waals surface area contributed by atoms with Gasteiger partial charge in [-0.3, -0.25) is 9.59 Å². The first-order chi connectivity index (χ1) is 18.0. The van der Waals surface area contributed by atoms with Crippen LogP contribution in [0.4, 0.5) is 4.79 Å². The number of benzene rings is 1. The number of fused-ring (bicyclic) bond motifs is 5. The van der Waals surface area contributed by atoms with Crippen LogP contribution >= 0.6 is 0 Å². The van der Waals surface area contributed by atoms with Gasteiger partial charge in [0.05, 0.1) is 11.5 Å². The summed E-state index contributed by atoms with van der Waals surface area (Å²) in [6, 6.07) is 9.24. The van der Waals surface area contributed by atoms with E-state index in [2.05, 4.69) is 5.32 Å². The molecule has 0 aliphatic heterocycles. The van der Waals surface area contributed by atoms with Gasteiger partial charge in [0.15, 0.2) is 11.4 Å². The Morgan fingerprint density at radius 1 is 1.13 bits per heavy atom. The number of ether oxygens (including phenoxy) is 1. The third-order valence-corrected chi connectivity index (χ3v) is 10.7. The molecule has 8 atom stereocenters. The summed E-state index contributed by atoms with van der Waals surface area (Å²) in [6.07, 6.45) is 5.96. The smallest absolute Gasteiger partial charge is 0.408 e. The maximum atomic E-state index is 13.6. The molecular formula is C31H39NO6. The lowest BCUT2D eigenvalue weighted by Gasteiger charge is -2.58. The van der Waals surface area contributed by atoms with Gasteiger partial charge in [-0.2, -0.15) is 0 Å². The molecule has 3 N–H and O–H groups in total. The van der Waals surface area contributed by atoms with E-state index in [9.17, 15) is 24.6 Å². The third-order valence-electron chi connectivity index (χ3n) is 10.7. The van der Waals surface area contributed by atoms with Gasteiger partial charge in [-0.05, 0) is 75.3 Å². The van der Waals surface area contributed by atoms with Crippen molar-refractivity contribution in [2.24, 2.45) is 34.5 Å². The fourth-order valence-corrected chi connectivity index (χ4v) is 8.78. The molecule has 1 amide bonds. The zero-order chi connectivity index (χ0) is 27.5. The first kappa shape index (κ1) is 26.7. The second kappa shape index (κ2) is 9.37.